The zero-order valence-electron chi connectivity index (χ0n) is 13.0. The molecular weight excluding hydrogens is 294 g/mol. The highest BCUT2D eigenvalue weighted by Gasteiger charge is 2.03. The number of rotatable bonds is 3. The van der Waals surface area contributed by atoms with Gasteiger partial charge < -0.3 is 0 Å². The van der Waals surface area contributed by atoms with Crippen molar-refractivity contribution >= 4 is 33.5 Å². The van der Waals surface area contributed by atoms with Crippen LogP contribution in [0.25, 0.3) is 27.8 Å². The molecule has 1 aromatic heterocycles. The van der Waals surface area contributed by atoms with Crippen molar-refractivity contribution in [3.8, 4) is 0 Å². The van der Waals surface area contributed by atoms with Gasteiger partial charge in [0.1, 0.15) is 0 Å². The summed E-state index contributed by atoms with van der Waals surface area (Å²) in [4.78, 5) is 16.8. The number of aromatic nitrogens is 1. The van der Waals surface area contributed by atoms with Crippen molar-refractivity contribution in [2.24, 2.45) is 0 Å². The molecule has 4 aromatic rings. The smallest absolute Gasteiger partial charge is 0.185 e. The third-order valence-electron chi connectivity index (χ3n) is 4.07. The highest BCUT2D eigenvalue weighted by Crippen LogP contribution is 2.17. The molecule has 0 saturated carbocycles. The second-order valence-corrected chi connectivity index (χ2v) is 5.72. The lowest BCUT2D eigenvalue weighted by Gasteiger charge is -2.01. The van der Waals surface area contributed by atoms with E-state index in [1.165, 1.54) is 0 Å². The van der Waals surface area contributed by atoms with Crippen LogP contribution in [0.1, 0.15) is 15.9 Å². The van der Waals surface area contributed by atoms with Crippen LogP contribution in [0.3, 0.4) is 0 Å². The Labute approximate surface area is 140 Å². The van der Waals surface area contributed by atoms with Gasteiger partial charge in [0, 0.05) is 17.1 Å². The second-order valence-electron chi connectivity index (χ2n) is 5.72. The maximum absolute atomic E-state index is 12.4. The van der Waals surface area contributed by atoms with E-state index in [4.69, 9.17) is 0 Å². The third kappa shape index (κ3) is 2.82. The minimum absolute atomic E-state index is 0.00564. The van der Waals surface area contributed by atoms with E-state index in [0.717, 1.165) is 27.2 Å². The number of carbonyl (C=O) groups excluding carboxylic acids is 1. The van der Waals surface area contributed by atoms with Gasteiger partial charge in [0.2, 0.25) is 0 Å². The predicted molar refractivity (Wildman–Crippen MR) is 99.1 cm³/mol. The Bertz CT molecular complexity index is 1080. The maximum atomic E-state index is 12.4. The predicted octanol–water partition coefficient (Wildman–Crippen LogP) is 5.28. The summed E-state index contributed by atoms with van der Waals surface area (Å²) in [5, 5.41) is 3.28. The number of hydrogen-bond acceptors (Lipinski definition) is 2. The van der Waals surface area contributed by atoms with E-state index in [1.807, 2.05) is 78.9 Å². The molecule has 0 aliphatic rings. The van der Waals surface area contributed by atoms with E-state index in [9.17, 15) is 4.79 Å². The summed E-state index contributed by atoms with van der Waals surface area (Å²) in [6.07, 6.45) is 5.21. The molecule has 0 atom stereocenters. The van der Waals surface area contributed by atoms with E-state index in [2.05, 4.69) is 4.98 Å². The van der Waals surface area contributed by atoms with Crippen molar-refractivity contribution in [1.29, 1.82) is 0 Å². The molecule has 0 amide bonds. The Morgan fingerprint density at radius 3 is 2.42 bits per heavy atom. The van der Waals surface area contributed by atoms with Crippen LogP contribution in [0.5, 0.6) is 0 Å². The van der Waals surface area contributed by atoms with E-state index in [1.54, 1.807) is 12.3 Å². The first kappa shape index (κ1) is 14.3. The highest BCUT2D eigenvalue weighted by molar-refractivity contribution is 6.08. The monoisotopic (exact) mass is 309 g/mol. The van der Waals surface area contributed by atoms with Gasteiger partial charge in [0.05, 0.1) is 5.52 Å². The first-order valence-corrected chi connectivity index (χ1v) is 7.86. The number of hydrogen-bond donors (Lipinski definition) is 0. The zero-order chi connectivity index (χ0) is 16.4. The van der Waals surface area contributed by atoms with Crippen LogP contribution in [0, 0.1) is 0 Å². The number of fused-ring (bicyclic) bond motifs is 2. The zero-order valence-corrected chi connectivity index (χ0v) is 13.0. The SMILES string of the molecule is O=C(C=Cc1cnc2ccccc2c1)c1ccc2ccccc2c1. The molecule has 0 fully saturated rings. The lowest BCUT2D eigenvalue weighted by Crippen LogP contribution is -1.94. The Kier molecular flexibility index (Phi) is 3.64. The fraction of sp³-hybridized carbons (Fsp3) is 0. The van der Waals surface area contributed by atoms with Gasteiger partial charge in [-0.2, -0.15) is 0 Å². The standard InChI is InChI=1S/C22H15NO/c24-22(20-11-10-17-5-1-2-6-18(17)14-20)12-9-16-13-19-7-3-4-8-21(19)23-15-16/h1-15H. The summed E-state index contributed by atoms with van der Waals surface area (Å²) in [7, 11) is 0. The first-order valence-electron chi connectivity index (χ1n) is 7.86. The molecule has 2 nitrogen and oxygen atoms in total. The summed E-state index contributed by atoms with van der Waals surface area (Å²) in [5.74, 6) is -0.00564. The fourth-order valence-electron chi connectivity index (χ4n) is 2.79. The normalized spacial score (nSPS) is 11.3. The first-order chi connectivity index (χ1) is 11.8. The molecule has 4 rings (SSSR count). The van der Waals surface area contributed by atoms with Crippen molar-refractivity contribution in [3.05, 3.63) is 96.2 Å². The maximum Gasteiger partial charge on any atom is 0.185 e. The van der Waals surface area contributed by atoms with Gasteiger partial charge in [-0.15, -0.1) is 0 Å². The van der Waals surface area contributed by atoms with Gasteiger partial charge in [0.25, 0.3) is 0 Å². The Morgan fingerprint density at radius 1 is 0.792 bits per heavy atom. The minimum Gasteiger partial charge on any atom is -0.289 e. The Balaban J connectivity index is 1.62. The highest BCUT2D eigenvalue weighted by atomic mass is 16.1. The number of carbonyl (C=O) groups is 1. The molecule has 1 heterocycles. The molecule has 3 aromatic carbocycles. The molecular formula is C22H15NO. The van der Waals surface area contributed by atoms with Crippen LogP contribution >= 0.6 is 0 Å². The average Bonchev–Trinajstić information content (AvgIpc) is 2.65. The molecule has 114 valence electrons. The number of nitrogens with zero attached hydrogens (tertiary/aromatic N) is 1. The number of ketones is 1. The molecule has 0 aliphatic heterocycles. The van der Waals surface area contributed by atoms with Gasteiger partial charge in [-0.05, 0) is 46.7 Å². The molecule has 0 N–H and O–H groups in total. The van der Waals surface area contributed by atoms with Gasteiger partial charge in [-0.3, -0.25) is 9.78 Å². The molecule has 2 heteroatoms. The molecule has 0 saturated heterocycles. The summed E-state index contributed by atoms with van der Waals surface area (Å²) < 4.78 is 0. The second kappa shape index (κ2) is 6.09. The lowest BCUT2D eigenvalue weighted by atomic mass is 10.0. The van der Waals surface area contributed by atoms with Crippen LogP contribution in [-0.2, 0) is 0 Å². The quantitative estimate of drug-likeness (QED) is 0.380. The van der Waals surface area contributed by atoms with E-state index >= 15 is 0 Å². The van der Waals surface area contributed by atoms with E-state index in [0.29, 0.717) is 5.56 Å². The van der Waals surface area contributed by atoms with Crippen LogP contribution < -0.4 is 0 Å². The van der Waals surface area contributed by atoms with Crippen LogP contribution in [0.2, 0.25) is 0 Å². The van der Waals surface area contributed by atoms with Crippen LogP contribution in [0.4, 0.5) is 0 Å². The fourth-order valence-corrected chi connectivity index (χ4v) is 2.79. The average molecular weight is 309 g/mol. The number of benzene rings is 3. The lowest BCUT2D eigenvalue weighted by molar-refractivity contribution is 0.104. The van der Waals surface area contributed by atoms with E-state index < -0.39 is 0 Å². The molecule has 0 aliphatic carbocycles. The summed E-state index contributed by atoms with van der Waals surface area (Å²) in [6.45, 7) is 0. The van der Waals surface area contributed by atoms with Crippen molar-refractivity contribution in [1.82, 2.24) is 4.98 Å². The molecule has 0 unspecified atom stereocenters. The van der Waals surface area contributed by atoms with Crippen LogP contribution in [0.15, 0.2) is 85.1 Å². The number of pyridine rings is 1. The molecule has 0 bridgehead atoms. The molecule has 0 spiro atoms. The Morgan fingerprint density at radius 2 is 1.54 bits per heavy atom. The van der Waals surface area contributed by atoms with Crippen molar-refractivity contribution in [2.75, 3.05) is 0 Å². The largest absolute Gasteiger partial charge is 0.289 e. The Hall–Kier alpha value is -3.26. The van der Waals surface area contributed by atoms with Crippen LogP contribution in [-0.4, -0.2) is 10.8 Å². The van der Waals surface area contributed by atoms with Gasteiger partial charge >= 0.3 is 0 Å². The summed E-state index contributed by atoms with van der Waals surface area (Å²) >= 11 is 0. The molecule has 24 heavy (non-hydrogen) atoms. The number of para-hydroxylation sites is 1. The van der Waals surface area contributed by atoms with Gasteiger partial charge in [0.15, 0.2) is 5.78 Å². The van der Waals surface area contributed by atoms with Gasteiger partial charge in [-0.25, -0.2) is 0 Å². The summed E-state index contributed by atoms with van der Waals surface area (Å²) in [5.41, 5.74) is 2.57. The van der Waals surface area contributed by atoms with Gasteiger partial charge in [-0.1, -0.05) is 54.6 Å². The molecule has 0 radical (unpaired) electrons. The topological polar surface area (TPSA) is 30.0 Å². The summed E-state index contributed by atoms with van der Waals surface area (Å²) in [6, 6.07) is 23.8. The minimum atomic E-state index is -0.00564. The van der Waals surface area contributed by atoms with Crippen molar-refractivity contribution < 1.29 is 4.79 Å². The van der Waals surface area contributed by atoms with Crippen molar-refractivity contribution in [3.63, 3.8) is 0 Å². The third-order valence-corrected chi connectivity index (χ3v) is 4.07. The van der Waals surface area contributed by atoms with Crippen molar-refractivity contribution in [2.45, 2.75) is 0 Å². The van der Waals surface area contributed by atoms with E-state index in [-0.39, 0.29) is 5.78 Å². The number of allylic oxidation sites excluding steroid dienone is 1.